The van der Waals surface area contributed by atoms with E-state index in [1.807, 2.05) is 0 Å². The van der Waals surface area contributed by atoms with Crippen molar-refractivity contribution in [3.63, 3.8) is 0 Å². The number of carbonyl (C=O) groups excluding carboxylic acids is 1. The van der Waals surface area contributed by atoms with Crippen LogP contribution in [0.5, 0.6) is 0 Å². The standard InChI is InChI=1S/C13H19N3O3/c1-9-5-4-6-16(7-9)12(18)10-8-14(2)13(19)15(3)11(10)17/h8-9H,4-7H2,1-3H3. The molecule has 1 aromatic heterocycles. The highest BCUT2D eigenvalue weighted by atomic mass is 16.2. The smallest absolute Gasteiger partial charge is 0.330 e. The second-order valence-electron chi connectivity index (χ2n) is 5.30. The number of hydrogen-bond donors (Lipinski definition) is 0. The molecule has 1 saturated heterocycles. The summed E-state index contributed by atoms with van der Waals surface area (Å²) in [6.07, 6.45) is 3.40. The van der Waals surface area contributed by atoms with Crippen LogP contribution in [-0.4, -0.2) is 33.0 Å². The minimum atomic E-state index is -0.522. The van der Waals surface area contributed by atoms with Gasteiger partial charge in [0.05, 0.1) is 0 Å². The maximum atomic E-state index is 12.4. The van der Waals surface area contributed by atoms with E-state index in [0.717, 1.165) is 17.4 Å². The summed E-state index contributed by atoms with van der Waals surface area (Å²) in [7, 11) is 2.93. The average Bonchev–Trinajstić information content (AvgIpc) is 2.40. The molecule has 6 heteroatoms. The summed E-state index contributed by atoms with van der Waals surface area (Å²) >= 11 is 0. The third-order valence-electron chi connectivity index (χ3n) is 3.62. The summed E-state index contributed by atoms with van der Waals surface area (Å²) in [5, 5.41) is 0. The van der Waals surface area contributed by atoms with Gasteiger partial charge in [-0.25, -0.2) is 4.79 Å². The maximum Gasteiger partial charge on any atom is 0.330 e. The first kappa shape index (κ1) is 13.6. The van der Waals surface area contributed by atoms with Gasteiger partial charge in [-0.2, -0.15) is 0 Å². The average molecular weight is 265 g/mol. The number of rotatable bonds is 1. The minimum absolute atomic E-state index is 0.0682. The van der Waals surface area contributed by atoms with Crippen LogP contribution in [0.3, 0.4) is 0 Å². The first-order chi connectivity index (χ1) is 8.91. The Morgan fingerprint density at radius 2 is 2.00 bits per heavy atom. The Bertz CT molecular complexity index is 615. The Hall–Kier alpha value is -1.85. The SMILES string of the molecule is CC1CCCN(C(=O)c2cn(C)c(=O)n(C)c2=O)C1. The molecule has 0 bridgehead atoms. The Morgan fingerprint density at radius 3 is 2.63 bits per heavy atom. The molecule has 2 heterocycles. The molecule has 2 rings (SSSR count). The number of carbonyl (C=O) groups is 1. The molecule has 1 aliphatic heterocycles. The second kappa shape index (κ2) is 5.03. The Kier molecular flexibility index (Phi) is 3.59. The summed E-state index contributed by atoms with van der Waals surface area (Å²) in [6, 6.07) is 0. The third-order valence-corrected chi connectivity index (χ3v) is 3.62. The number of piperidine rings is 1. The van der Waals surface area contributed by atoms with Crippen LogP contribution in [0, 0.1) is 5.92 Å². The van der Waals surface area contributed by atoms with Gasteiger partial charge in [-0.15, -0.1) is 0 Å². The van der Waals surface area contributed by atoms with Crippen molar-refractivity contribution in [2.24, 2.45) is 20.0 Å². The second-order valence-corrected chi connectivity index (χ2v) is 5.30. The van der Waals surface area contributed by atoms with Gasteiger partial charge >= 0.3 is 5.69 Å². The van der Waals surface area contributed by atoms with E-state index < -0.39 is 11.2 Å². The largest absolute Gasteiger partial charge is 0.338 e. The molecular formula is C13H19N3O3. The molecule has 1 unspecified atom stereocenters. The molecule has 0 aliphatic carbocycles. The first-order valence-electron chi connectivity index (χ1n) is 6.47. The molecule has 19 heavy (non-hydrogen) atoms. The first-order valence-corrected chi connectivity index (χ1v) is 6.47. The Labute approximate surface area is 111 Å². The molecule has 0 saturated carbocycles. The van der Waals surface area contributed by atoms with E-state index in [-0.39, 0.29) is 11.5 Å². The van der Waals surface area contributed by atoms with Crippen molar-refractivity contribution < 1.29 is 4.79 Å². The maximum absolute atomic E-state index is 12.4. The molecule has 104 valence electrons. The molecule has 1 aliphatic rings. The van der Waals surface area contributed by atoms with Crippen LogP contribution in [0.1, 0.15) is 30.1 Å². The fourth-order valence-corrected chi connectivity index (χ4v) is 2.50. The fourth-order valence-electron chi connectivity index (χ4n) is 2.50. The zero-order valence-electron chi connectivity index (χ0n) is 11.5. The van der Waals surface area contributed by atoms with Crippen LogP contribution in [0.25, 0.3) is 0 Å². The van der Waals surface area contributed by atoms with Gasteiger partial charge in [0, 0.05) is 33.4 Å². The van der Waals surface area contributed by atoms with Gasteiger partial charge in [0.2, 0.25) is 0 Å². The molecule has 0 radical (unpaired) electrons. The summed E-state index contributed by atoms with van der Waals surface area (Å²) in [5.74, 6) is 0.178. The van der Waals surface area contributed by atoms with Crippen molar-refractivity contribution in [2.75, 3.05) is 13.1 Å². The topological polar surface area (TPSA) is 64.3 Å². The predicted octanol–water partition coefficient (Wildman–Crippen LogP) is -0.0439. The normalized spacial score (nSPS) is 19.5. The highest BCUT2D eigenvalue weighted by Gasteiger charge is 2.25. The van der Waals surface area contributed by atoms with Gasteiger partial charge in [-0.3, -0.25) is 14.2 Å². The Balaban J connectivity index is 2.39. The van der Waals surface area contributed by atoms with E-state index in [1.54, 1.807) is 4.90 Å². The van der Waals surface area contributed by atoms with Crippen LogP contribution in [0.4, 0.5) is 0 Å². The van der Waals surface area contributed by atoms with Gasteiger partial charge in [0.1, 0.15) is 5.56 Å². The van der Waals surface area contributed by atoms with Crippen LogP contribution < -0.4 is 11.2 Å². The van der Waals surface area contributed by atoms with Crippen molar-refractivity contribution in [1.29, 1.82) is 0 Å². The zero-order valence-corrected chi connectivity index (χ0v) is 11.5. The fraction of sp³-hybridized carbons (Fsp3) is 0.615. The van der Waals surface area contributed by atoms with Crippen molar-refractivity contribution in [3.05, 3.63) is 32.6 Å². The molecular weight excluding hydrogens is 246 g/mol. The summed E-state index contributed by atoms with van der Waals surface area (Å²) in [5.41, 5.74) is -0.876. The lowest BCUT2D eigenvalue weighted by Crippen LogP contribution is -2.45. The van der Waals surface area contributed by atoms with Crippen LogP contribution in [0.2, 0.25) is 0 Å². The quantitative estimate of drug-likeness (QED) is 0.715. The van der Waals surface area contributed by atoms with E-state index in [2.05, 4.69) is 6.92 Å². The number of aromatic nitrogens is 2. The Morgan fingerprint density at radius 1 is 1.32 bits per heavy atom. The number of likely N-dealkylation sites (tertiary alicyclic amines) is 1. The van der Waals surface area contributed by atoms with Crippen molar-refractivity contribution in [2.45, 2.75) is 19.8 Å². The van der Waals surface area contributed by atoms with Crippen LogP contribution >= 0.6 is 0 Å². The zero-order chi connectivity index (χ0) is 14.2. The van der Waals surface area contributed by atoms with Gasteiger partial charge in [0.25, 0.3) is 11.5 Å². The summed E-state index contributed by atoms with van der Waals surface area (Å²) in [6.45, 7) is 3.44. The van der Waals surface area contributed by atoms with E-state index in [0.29, 0.717) is 19.0 Å². The van der Waals surface area contributed by atoms with E-state index in [4.69, 9.17) is 0 Å². The van der Waals surface area contributed by atoms with E-state index >= 15 is 0 Å². The lowest BCUT2D eigenvalue weighted by Gasteiger charge is -2.30. The van der Waals surface area contributed by atoms with E-state index in [1.165, 1.54) is 24.9 Å². The number of aryl methyl sites for hydroxylation is 1. The molecule has 0 N–H and O–H groups in total. The molecule has 1 atom stereocenters. The van der Waals surface area contributed by atoms with Crippen molar-refractivity contribution >= 4 is 5.91 Å². The summed E-state index contributed by atoms with van der Waals surface area (Å²) in [4.78, 5) is 37.7. The van der Waals surface area contributed by atoms with Gasteiger partial charge in [0.15, 0.2) is 0 Å². The number of hydrogen-bond acceptors (Lipinski definition) is 3. The summed E-state index contributed by atoms with van der Waals surface area (Å²) < 4.78 is 2.24. The van der Waals surface area contributed by atoms with Crippen LogP contribution in [-0.2, 0) is 14.1 Å². The van der Waals surface area contributed by atoms with Crippen LogP contribution in [0.15, 0.2) is 15.8 Å². The predicted molar refractivity (Wildman–Crippen MR) is 71.2 cm³/mol. The van der Waals surface area contributed by atoms with Crippen molar-refractivity contribution in [1.82, 2.24) is 14.0 Å². The van der Waals surface area contributed by atoms with E-state index in [9.17, 15) is 14.4 Å². The van der Waals surface area contributed by atoms with Gasteiger partial charge < -0.3 is 9.47 Å². The molecule has 0 aromatic carbocycles. The molecule has 1 aromatic rings. The lowest BCUT2D eigenvalue weighted by atomic mass is 10.00. The van der Waals surface area contributed by atoms with Crippen molar-refractivity contribution in [3.8, 4) is 0 Å². The molecule has 1 amide bonds. The highest BCUT2D eigenvalue weighted by Crippen LogP contribution is 2.16. The minimum Gasteiger partial charge on any atom is -0.338 e. The number of amides is 1. The molecule has 6 nitrogen and oxygen atoms in total. The molecule has 1 fully saturated rings. The monoisotopic (exact) mass is 265 g/mol. The van der Waals surface area contributed by atoms with Gasteiger partial charge in [-0.05, 0) is 18.8 Å². The number of nitrogens with zero attached hydrogens (tertiary/aromatic N) is 3. The van der Waals surface area contributed by atoms with Gasteiger partial charge in [-0.1, -0.05) is 6.92 Å². The highest BCUT2D eigenvalue weighted by molar-refractivity contribution is 5.93. The third kappa shape index (κ3) is 2.47. The lowest BCUT2D eigenvalue weighted by molar-refractivity contribution is 0.0679. The molecule has 0 spiro atoms.